The molecule has 0 bridgehead atoms. The van der Waals surface area contributed by atoms with E-state index in [2.05, 4.69) is 20.5 Å². The van der Waals surface area contributed by atoms with E-state index in [1.807, 2.05) is 6.92 Å². The smallest absolute Gasteiger partial charge is 0.236 e. The molecule has 1 aliphatic rings. The van der Waals surface area contributed by atoms with Gasteiger partial charge in [-0.25, -0.2) is 4.99 Å². The minimum absolute atomic E-state index is 0.138. The summed E-state index contributed by atoms with van der Waals surface area (Å²) in [6.07, 6.45) is 1.91. The molecule has 1 amide bonds. The van der Waals surface area contributed by atoms with Crippen LogP contribution in [0.15, 0.2) is 23.2 Å². The molecule has 1 fully saturated rings. The first-order valence-corrected chi connectivity index (χ1v) is 9.76. The van der Waals surface area contributed by atoms with E-state index >= 15 is 0 Å². The van der Waals surface area contributed by atoms with E-state index in [-0.39, 0.29) is 11.7 Å². The number of benzene rings is 1. The zero-order chi connectivity index (χ0) is 20.5. The number of aromatic hydroxyl groups is 1. The number of nitrogens with one attached hydrogen (secondary N) is 2. The Kier molecular flexibility index (Phi) is 8.38. The predicted molar refractivity (Wildman–Crippen MR) is 111 cm³/mol. The zero-order valence-corrected chi connectivity index (χ0v) is 17.4. The molecule has 1 aromatic rings. The Labute approximate surface area is 167 Å². The fraction of sp³-hybridized carbons (Fsp3) is 0.600. The third-order valence-corrected chi connectivity index (χ3v) is 4.82. The number of ether oxygens (including phenoxy) is 1. The highest BCUT2D eigenvalue weighted by Gasteiger charge is 2.22. The molecule has 1 aliphatic heterocycles. The third-order valence-electron chi connectivity index (χ3n) is 4.82. The van der Waals surface area contributed by atoms with Crippen molar-refractivity contribution in [3.63, 3.8) is 0 Å². The van der Waals surface area contributed by atoms with Gasteiger partial charge in [0.1, 0.15) is 11.5 Å². The summed E-state index contributed by atoms with van der Waals surface area (Å²) in [6.45, 7) is 5.37. The fourth-order valence-electron chi connectivity index (χ4n) is 3.06. The number of aliphatic imine (C=N–C) groups is 1. The van der Waals surface area contributed by atoms with Crippen LogP contribution >= 0.6 is 0 Å². The highest BCUT2D eigenvalue weighted by molar-refractivity contribution is 5.80. The molecule has 2 rings (SSSR count). The summed E-state index contributed by atoms with van der Waals surface area (Å²) in [7, 11) is 5.18. The molecule has 0 radical (unpaired) electrons. The minimum Gasteiger partial charge on any atom is -0.508 e. The summed E-state index contributed by atoms with van der Waals surface area (Å²) in [5, 5.41) is 16.8. The van der Waals surface area contributed by atoms with Crippen LogP contribution in [0.5, 0.6) is 11.5 Å². The maximum Gasteiger partial charge on any atom is 0.236 e. The van der Waals surface area contributed by atoms with Crippen molar-refractivity contribution in [1.82, 2.24) is 20.4 Å². The molecular formula is C20H33N5O3. The number of guanidine groups is 1. The van der Waals surface area contributed by atoms with E-state index < -0.39 is 0 Å². The van der Waals surface area contributed by atoms with Gasteiger partial charge in [0.2, 0.25) is 5.91 Å². The topological polar surface area (TPSA) is 89.4 Å². The standard InChI is InChI=1S/C20H33N5O3/c1-5-21-20(22-13-15-12-17(28-4)6-7-18(15)26)23-16-8-10-25(11-9-16)14-19(27)24(2)3/h6-7,12,16,26H,5,8-11,13-14H2,1-4H3,(H2,21,22,23). The summed E-state index contributed by atoms with van der Waals surface area (Å²) < 4.78 is 5.22. The van der Waals surface area contributed by atoms with Crippen LogP contribution in [-0.2, 0) is 11.3 Å². The van der Waals surface area contributed by atoms with Crippen LogP contribution in [0.4, 0.5) is 0 Å². The van der Waals surface area contributed by atoms with Crippen molar-refractivity contribution in [3.05, 3.63) is 23.8 Å². The number of likely N-dealkylation sites (tertiary alicyclic amines) is 1. The van der Waals surface area contributed by atoms with E-state index in [1.54, 1.807) is 44.3 Å². The molecule has 0 atom stereocenters. The number of hydrogen-bond acceptors (Lipinski definition) is 5. The quantitative estimate of drug-likeness (QED) is 0.475. The minimum atomic E-state index is 0.138. The largest absolute Gasteiger partial charge is 0.508 e. The highest BCUT2D eigenvalue weighted by Crippen LogP contribution is 2.23. The Morgan fingerprint density at radius 3 is 2.68 bits per heavy atom. The number of phenolic OH excluding ortho intramolecular Hbond substituents is 1. The Balaban J connectivity index is 1.91. The third kappa shape index (κ3) is 6.60. The Hall–Kier alpha value is -2.48. The first-order valence-electron chi connectivity index (χ1n) is 9.76. The van der Waals surface area contributed by atoms with Crippen LogP contribution in [0.25, 0.3) is 0 Å². The van der Waals surface area contributed by atoms with Crippen LogP contribution in [0.3, 0.4) is 0 Å². The predicted octanol–water partition coefficient (Wildman–Crippen LogP) is 1.01. The van der Waals surface area contributed by atoms with Crippen molar-refractivity contribution in [2.75, 3.05) is 47.4 Å². The van der Waals surface area contributed by atoms with Gasteiger partial charge in [-0.2, -0.15) is 0 Å². The van der Waals surface area contributed by atoms with Gasteiger partial charge in [-0.05, 0) is 38.0 Å². The summed E-state index contributed by atoms with van der Waals surface area (Å²) in [4.78, 5) is 20.3. The molecule has 0 saturated carbocycles. The summed E-state index contributed by atoms with van der Waals surface area (Å²) in [6, 6.07) is 5.44. The number of piperidine rings is 1. The second kappa shape index (κ2) is 10.8. The average Bonchev–Trinajstić information content (AvgIpc) is 2.68. The van der Waals surface area contributed by atoms with Gasteiger partial charge in [0.25, 0.3) is 0 Å². The average molecular weight is 392 g/mol. The number of phenols is 1. The lowest BCUT2D eigenvalue weighted by Gasteiger charge is -2.33. The van der Waals surface area contributed by atoms with Crippen LogP contribution in [0.1, 0.15) is 25.3 Å². The lowest BCUT2D eigenvalue weighted by atomic mass is 10.1. The van der Waals surface area contributed by atoms with Crippen LogP contribution in [-0.4, -0.2) is 80.2 Å². The van der Waals surface area contributed by atoms with Gasteiger partial charge in [-0.3, -0.25) is 9.69 Å². The van der Waals surface area contributed by atoms with Crippen molar-refractivity contribution in [1.29, 1.82) is 0 Å². The number of carbonyl (C=O) groups excluding carboxylic acids is 1. The molecule has 156 valence electrons. The monoisotopic (exact) mass is 391 g/mol. The number of methoxy groups -OCH3 is 1. The van der Waals surface area contributed by atoms with E-state index in [4.69, 9.17) is 4.74 Å². The first-order chi connectivity index (χ1) is 13.4. The van der Waals surface area contributed by atoms with Gasteiger partial charge in [-0.1, -0.05) is 0 Å². The summed E-state index contributed by atoms with van der Waals surface area (Å²) >= 11 is 0. The fourth-order valence-corrected chi connectivity index (χ4v) is 3.06. The molecule has 0 aliphatic carbocycles. The van der Waals surface area contributed by atoms with E-state index in [0.717, 1.165) is 38.4 Å². The van der Waals surface area contributed by atoms with E-state index in [1.165, 1.54) is 0 Å². The molecule has 0 unspecified atom stereocenters. The van der Waals surface area contributed by atoms with Crippen molar-refractivity contribution < 1.29 is 14.6 Å². The van der Waals surface area contributed by atoms with Gasteiger partial charge >= 0.3 is 0 Å². The molecule has 8 nitrogen and oxygen atoms in total. The molecule has 0 spiro atoms. The van der Waals surface area contributed by atoms with Crippen molar-refractivity contribution in [2.24, 2.45) is 4.99 Å². The Bertz CT molecular complexity index is 670. The number of hydrogen-bond donors (Lipinski definition) is 3. The highest BCUT2D eigenvalue weighted by atomic mass is 16.5. The second-order valence-electron chi connectivity index (χ2n) is 7.17. The summed E-state index contributed by atoms with van der Waals surface area (Å²) in [5.41, 5.74) is 0.716. The Morgan fingerprint density at radius 1 is 1.36 bits per heavy atom. The number of rotatable bonds is 7. The molecule has 8 heteroatoms. The molecule has 0 aromatic heterocycles. The van der Waals surface area contributed by atoms with E-state index in [9.17, 15) is 9.90 Å². The molecule has 3 N–H and O–H groups in total. The lowest BCUT2D eigenvalue weighted by Crippen LogP contribution is -2.50. The van der Waals surface area contributed by atoms with Gasteiger partial charge in [0.05, 0.1) is 20.2 Å². The number of likely N-dealkylation sites (N-methyl/N-ethyl adjacent to an activating group) is 1. The molecule has 1 saturated heterocycles. The maximum absolute atomic E-state index is 11.9. The summed E-state index contributed by atoms with van der Waals surface area (Å²) in [5.74, 6) is 1.77. The van der Waals surface area contributed by atoms with Gasteiger partial charge in [-0.15, -0.1) is 0 Å². The Morgan fingerprint density at radius 2 is 2.07 bits per heavy atom. The SMILES string of the molecule is CCNC(=NCc1cc(OC)ccc1O)NC1CCN(CC(=O)N(C)C)CC1. The van der Waals surface area contributed by atoms with Gasteiger partial charge in [0.15, 0.2) is 5.96 Å². The molecule has 28 heavy (non-hydrogen) atoms. The number of nitrogens with zero attached hydrogens (tertiary/aromatic N) is 3. The molecule has 1 heterocycles. The lowest BCUT2D eigenvalue weighted by molar-refractivity contribution is -0.130. The van der Waals surface area contributed by atoms with Crippen molar-refractivity contribution >= 4 is 11.9 Å². The van der Waals surface area contributed by atoms with Gasteiger partial charge in [0, 0.05) is 45.3 Å². The van der Waals surface area contributed by atoms with Crippen LogP contribution in [0, 0.1) is 0 Å². The van der Waals surface area contributed by atoms with E-state index in [0.29, 0.717) is 30.4 Å². The normalized spacial score (nSPS) is 15.9. The maximum atomic E-state index is 11.9. The second-order valence-corrected chi connectivity index (χ2v) is 7.17. The molecular weight excluding hydrogens is 358 g/mol. The van der Waals surface area contributed by atoms with Gasteiger partial charge < -0.3 is 25.4 Å². The first kappa shape index (κ1) is 21.8. The van der Waals surface area contributed by atoms with Crippen LogP contribution in [0.2, 0.25) is 0 Å². The number of carbonyl (C=O) groups is 1. The molecule has 1 aromatic carbocycles. The number of amides is 1. The van der Waals surface area contributed by atoms with Crippen molar-refractivity contribution in [2.45, 2.75) is 32.4 Å². The van der Waals surface area contributed by atoms with Crippen molar-refractivity contribution in [3.8, 4) is 11.5 Å². The van der Waals surface area contributed by atoms with Crippen LogP contribution < -0.4 is 15.4 Å². The zero-order valence-electron chi connectivity index (χ0n) is 17.4.